The minimum absolute atomic E-state index is 0.645. The second-order valence-electron chi connectivity index (χ2n) is 19.1. The second-order valence-corrected chi connectivity index (χ2v) is 19.1. The molecule has 0 saturated carbocycles. The number of hydrogen-bond acceptors (Lipinski definition) is 3. The number of ether oxygens (including phenoxy) is 1. The van der Waals surface area contributed by atoms with E-state index in [0.29, 0.717) is 0 Å². The normalized spacial score (nSPS) is 12.9. The summed E-state index contributed by atoms with van der Waals surface area (Å²) in [5.41, 5.74) is 18.6. The lowest BCUT2D eigenvalue weighted by molar-refractivity contribution is 0.447. The Morgan fingerprint density at radius 3 is 1.64 bits per heavy atom. The van der Waals surface area contributed by atoms with Crippen molar-refractivity contribution in [1.82, 2.24) is 0 Å². The highest BCUT2D eigenvalue weighted by Gasteiger charge is 2.52. The molecule has 72 heavy (non-hydrogen) atoms. The molecule has 1 aromatic heterocycles. The van der Waals surface area contributed by atoms with Crippen molar-refractivity contribution in [2.24, 2.45) is 0 Å². The highest BCUT2D eigenvalue weighted by atomic mass is 16.5. The van der Waals surface area contributed by atoms with E-state index in [1.165, 1.54) is 22.3 Å². The number of furan rings is 1. The van der Waals surface area contributed by atoms with E-state index in [1.807, 2.05) is 12.1 Å². The van der Waals surface area contributed by atoms with Gasteiger partial charge in [-0.2, -0.15) is 0 Å². The Bertz CT molecular complexity index is 4230. The van der Waals surface area contributed by atoms with Crippen LogP contribution in [0.15, 0.2) is 265 Å². The molecule has 0 bridgehead atoms. The summed E-state index contributed by atoms with van der Waals surface area (Å²) >= 11 is 0. The average molecular weight is 918 g/mol. The molecule has 12 aromatic carbocycles. The van der Waals surface area contributed by atoms with Crippen LogP contribution in [0.3, 0.4) is 0 Å². The molecule has 2 aliphatic rings. The molecular weight excluding hydrogens is 875 g/mol. The van der Waals surface area contributed by atoms with Gasteiger partial charge >= 0.3 is 0 Å². The van der Waals surface area contributed by atoms with Crippen molar-refractivity contribution in [3.8, 4) is 56.0 Å². The van der Waals surface area contributed by atoms with Crippen LogP contribution in [0.4, 0.5) is 17.1 Å². The van der Waals surface area contributed by atoms with Crippen LogP contribution >= 0.6 is 0 Å². The molecule has 0 fully saturated rings. The van der Waals surface area contributed by atoms with Gasteiger partial charge in [0.2, 0.25) is 0 Å². The minimum atomic E-state index is -0.645. The predicted octanol–water partition coefficient (Wildman–Crippen LogP) is 18.8. The summed E-state index contributed by atoms with van der Waals surface area (Å²) < 4.78 is 13.4. The van der Waals surface area contributed by atoms with Crippen molar-refractivity contribution in [1.29, 1.82) is 0 Å². The number of hydrogen-bond donors (Lipinski definition) is 0. The quantitative estimate of drug-likeness (QED) is 0.166. The molecule has 0 N–H and O–H groups in total. The maximum absolute atomic E-state index is 7.26. The predicted molar refractivity (Wildman–Crippen MR) is 297 cm³/mol. The molecule has 1 aliphatic heterocycles. The standard InChI is InChI=1S/C69H43NO2/c1-2-15-45(16-3-1)53-21-9-12-27-64(53)70(51-35-29-44(30-36-51)49-34-40-66-59(42-49)58-25-10-13-28-65(58)71-66)52-20-14-19-48(41-52)50-31-37-57-56-24-8-11-26-60(56)69(63(57)43-50)61-38-32-46-17-4-6-22-54(46)67(61)72-68-55-23-7-5-18-47(55)33-39-62(68)69/h1-43H. The Balaban J connectivity index is 0.911. The smallest absolute Gasteiger partial charge is 0.140 e. The molecule has 0 radical (unpaired) electrons. The fraction of sp³-hybridized carbons (Fsp3) is 0.0145. The highest BCUT2D eigenvalue weighted by Crippen LogP contribution is 2.64. The van der Waals surface area contributed by atoms with Gasteiger partial charge in [-0.3, -0.25) is 0 Å². The van der Waals surface area contributed by atoms with E-state index >= 15 is 0 Å². The Hall–Kier alpha value is -9.44. The summed E-state index contributed by atoms with van der Waals surface area (Å²) in [6.45, 7) is 0. The monoisotopic (exact) mass is 917 g/mol. The van der Waals surface area contributed by atoms with E-state index in [1.54, 1.807) is 0 Å². The van der Waals surface area contributed by atoms with Crippen LogP contribution in [-0.4, -0.2) is 0 Å². The van der Waals surface area contributed by atoms with E-state index < -0.39 is 5.41 Å². The number of fused-ring (bicyclic) bond motifs is 16. The largest absolute Gasteiger partial charge is 0.456 e. The van der Waals surface area contributed by atoms with Gasteiger partial charge in [-0.05, 0) is 115 Å². The molecule has 3 heteroatoms. The Labute approximate surface area is 417 Å². The first-order chi connectivity index (χ1) is 35.7. The van der Waals surface area contributed by atoms with Crippen molar-refractivity contribution < 1.29 is 9.15 Å². The van der Waals surface area contributed by atoms with Crippen molar-refractivity contribution in [2.45, 2.75) is 5.41 Å². The number of benzene rings is 12. The first-order valence-electron chi connectivity index (χ1n) is 24.7. The van der Waals surface area contributed by atoms with Gasteiger partial charge in [0.25, 0.3) is 0 Å². The summed E-state index contributed by atoms with van der Waals surface area (Å²) in [7, 11) is 0. The van der Waals surface area contributed by atoms with Crippen LogP contribution in [0.5, 0.6) is 11.5 Å². The average Bonchev–Trinajstić information content (AvgIpc) is 3.97. The highest BCUT2D eigenvalue weighted by molar-refractivity contribution is 6.06. The molecule has 3 nitrogen and oxygen atoms in total. The van der Waals surface area contributed by atoms with Crippen molar-refractivity contribution >= 4 is 60.5 Å². The molecule has 2 heterocycles. The first kappa shape index (κ1) is 40.4. The number of rotatable bonds is 6. The van der Waals surface area contributed by atoms with E-state index in [4.69, 9.17) is 9.15 Å². The maximum Gasteiger partial charge on any atom is 0.140 e. The maximum atomic E-state index is 7.26. The first-order valence-corrected chi connectivity index (χ1v) is 24.7. The number of anilines is 3. The zero-order valence-corrected chi connectivity index (χ0v) is 39.1. The lowest BCUT2D eigenvalue weighted by Crippen LogP contribution is -2.32. The van der Waals surface area contributed by atoms with E-state index in [9.17, 15) is 0 Å². The zero-order valence-electron chi connectivity index (χ0n) is 39.1. The summed E-state index contributed by atoms with van der Waals surface area (Å²) in [6, 6.07) is 94.9. The third kappa shape index (κ3) is 5.98. The van der Waals surface area contributed by atoms with Crippen molar-refractivity contribution in [2.75, 3.05) is 4.90 Å². The van der Waals surface area contributed by atoms with Gasteiger partial charge in [-0.25, -0.2) is 0 Å². The topological polar surface area (TPSA) is 25.6 Å². The Morgan fingerprint density at radius 1 is 0.292 bits per heavy atom. The fourth-order valence-corrected chi connectivity index (χ4v) is 12.1. The van der Waals surface area contributed by atoms with Crippen LogP contribution in [-0.2, 0) is 5.41 Å². The fourth-order valence-electron chi connectivity index (χ4n) is 12.1. The molecule has 0 amide bonds. The second kappa shape index (κ2) is 15.8. The van der Waals surface area contributed by atoms with Gasteiger partial charge in [0.1, 0.15) is 22.7 Å². The van der Waals surface area contributed by atoms with Gasteiger partial charge in [0, 0.05) is 49.6 Å². The summed E-state index contributed by atoms with van der Waals surface area (Å²) in [5, 5.41) is 6.78. The van der Waals surface area contributed by atoms with Crippen molar-refractivity contribution in [3.05, 3.63) is 283 Å². The molecule has 0 atom stereocenters. The van der Waals surface area contributed by atoms with Gasteiger partial charge in [-0.15, -0.1) is 0 Å². The SMILES string of the molecule is c1ccc(-c2ccccc2N(c2ccc(-c3ccc4oc5ccccc5c4c3)cc2)c2cccc(-c3ccc4c(c3)C3(c5ccccc5-4)c4ccc5ccccc5c4Oc4c3ccc3ccccc43)c2)cc1. The lowest BCUT2D eigenvalue weighted by Gasteiger charge is -2.40. The third-order valence-electron chi connectivity index (χ3n) is 15.3. The van der Waals surface area contributed by atoms with Gasteiger partial charge in [-0.1, -0.05) is 206 Å². The van der Waals surface area contributed by atoms with Crippen LogP contribution in [0.1, 0.15) is 22.3 Å². The minimum Gasteiger partial charge on any atom is -0.456 e. The Kier molecular flexibility index (Phi) is 8.87. The number of para-hydroxylation sites is 2. The Morgan fingerprint density at radius 2 is 0.861 bits per heavy atom. The van der Waals surface area contributed by atoms with Crippen LogP contribution in [0, 0.1) is 0 Å². The molecule has 336 valence electrons. The molecule has 0 saturated heterocycles. The molecule has 13 aromatic rings. The van der Waals surface area contributed by atoms with Gasteiger partial charge in [0.05, 0.1) is 11.1 Å². The molecule has 15 rings (SSSR count). The third-order valence-corrected chi connectivity index (χ3v) is 15.3. The summed E-state index contributed by atoms with van der Waals surface area (Å²) in [5.74, 6) is 1.84. The number of nitrogens with zero attached hydrogens (tertiary/aromatic N) is 1. The zero-order chi connectivity index (χ0) is 47.3. The van der Waals surface area contributed by atoms with Gasteiger partial charge < -0.3 is 14.1 Å². The van der Waals surface area contributed by atoms with Gasteiger partial charge in [0.15, 0.2) is 0 Å². The van der Waals surface area contributed by atoms with Crippen LogP contribution in [0.2, 0.25) is 0 Å². The summed E-state index contributed by atoms with van der Waals surface area (Å²) in [4.78, 5) is 2.41. The molecule has 0 unspecified atom stereocenters. The van der Waals surface area contributed by atoms with E-state index in [0.717, 1.165) is 117 Å². The molecule has 1 spiro atoms. The molecule has 1 aliphatic carbocycles. The van der Waals surface area contributed by atoms with E-state index in [2.05, 4.69) is 254 Å². The molecular formula is C69H43NO2. The summed E-state index contributed by atoms with van der Waals surface area (Å²) in [6.07, 6.45) is 0. The van der Waals surface area contributed by atoms with E-state index in [-0.39, 0.29) is 0 Å². The van der Waals surface area contributed by atoms with Crippen LogP contribution in [0.25, 0.3) is 88.0 Å². The van der Waals surface area contributed by atoms with Crippen LogP contribution < -0.4 is 9.64 Å². The lowest BCUT2D eigenvalue weighted by atomic mass is 9.65. The van der Waals surface area contributed by atoms with Crippen molar-refractivity contribution in [3.63, 3.8) is 0 Å².